The fourth-order valence-electron chi connectivity index (χ4n) is 1.43. The quantitative estimate of drug-likeness (QED) is 0.268. The standard InChI is InChI=1S/C10H17N3O4/c11-12-10(16)9-2-1-8(17-9)7-13(3-5-14)4-6-15/h1-2,14-15H,3-7,11H2,(H,12,16). The average Bonchev–Trinajstić information content (AvgIpc) is 2.77. The molecule has 7 heteroatoms. The molecular formula is C10H17N3O4. The van der Waals surface area contributed by atoms with Crippen molar-refractivity contribution >= 4 is 5.91 Å². The van der Waals surface area contributed by atoms with Gasteiger partial charge in [0.05, 0.1) is 19.8 Å². The number of nitrogens with one attached hydrogen (secondary N) is 1. The maximum Gasteiger partial charge on any atom is 0.300 e. The van der Waals surface area contributed by atoms with Gasteiger partial charge in [0, 0.05) is 13.1 Å². The molecule has 1 rings (SSSR count). The van der Waals surface area contributed by atoms with Crippen LogP contribution in [0.2, 0.25) is 0 Å². The molecule has 0 radical (unpaired) electrons. The minimum Gasteiger partial charge on any atom is -0.455 e. The number of nitrogens with two attached hydrogens (primary N) is 1. The Bertz CT molecular complexity index is 347. The first-order valence-corrected chi connectivity index (χ1v) is 5.25. The topological polar surface area (TPSA) is 112 Å². The molecule has 17 heavy (non-hydrogen) atoms. The first kappa shape index (κ1) is 13.7. The van der Waals surface area contributed by atoms with E-state index in [1.165, 1.54) is 6.07 Å². The molecule has 0 bridgehead atoms. The van der Waals surface area contributed by atoms with Gasteiger partial charge in [0.1, 0.15) is 5.76 Å². The van der Waals surface area contributed by atoms with Gasteiger partial charge in [-0.15, -0.1) is 0 Å². The monoisotopic (exact) mass is 243 g/mol. The number of amides is 1. The van der Waals surface area contributed by atoms with Gasteiger partial charge in [-0.3, -0.25) is 15.1 Å². The number of aliphatic hydroxyl groups is 2. The number of carbonyl (C=O) groups is 1. The first-order valence-electron chi connectivity index (χ1n) is 5.25. The Balaban J connectivity index is 2.60. The maximum absolute atomic E-state index is 11.1. The Morgan fingerprint density at radius 2 is 2.00 bits per heavy atom. The lowest BCUT2D eigenvalue weighted by molar-refractivity contribution is 0.0919. The molecule has 0 atom stereocenters. The molecule has 0 spiro atoms. The zero-order valence-corrected chi connectivity index (χ0v) is 9.43. The van der Waals surface area contributed by atoms with Crippen LogP contribution in [0.3, 0.4) is 0 Å². The van der Waals surface area contributed by atoms with Crippen molar-refractivity contribution in [2.45, 2.75) is 6.54 Å². The minimum atomic E-state index is -0.493. The fourth-order valence-corrected chi connectivity index (χ4v) is 1.43. The molecule has 0 aliphatic heterocycles. The normalized spacial score (nSPS) is 10.8. The summed E-state index contributed by atoms with van der Waals surface area (Å²) in [6, 6.07) is 3.18. The summed E-state index contributed by atoms with van der Waals surface area (Å²) in [6.45, 7) is 1.27. The molecule has 0 saturated carbocycles. The van der Waals surface area contributed by atoms with Gasteiger partial charge in [0.25, 0.3) is 0 Å². The van der Waals surface area contributed by atoms with Gasteiger partial charge in [-0.1, -0.05) is 0 Å². The summed E-state index contributed by atoms with van der Waals surface area (Å²) < 4.78 is 5.26. The van der Waals surface area contributed by atoms with Crippen LogP contribution in [0.5, 0.6) is 0 Å². The van der Waals surface area contributed by atoms with Crippen molar-refractivity contribution in [2.24, 2.45) is 5.84 Å². The van der Waals surface area contributed by atoms with Crippen LogP contribution in [-0.4, -0.2) is 47.3 Å². The van der Waals surface area contributed by atoms with Crippen LogP contribution in [0.1, 0.15) is 16.3 Å². The zero-order chi connectivity index (χ0) is 12.7. The molecular weight excluding hydrogens is 226 g/mol. The predicted molar refractivity (Wildman–Crippen MR) is 59.8 cm³/mol. The molecule has 1 aromatic heterocycles. The second kappa shape index (κ2) is 7.02. The van der Waals surface area contributed by atoms with E-state index in [0.29, 0.717) is 25.4 Å². The van der Waals surface area contributed by atoms with E-state index in [1.54, 1.807) is 6.07 Å². The number of hydrogen-bond donors (Lipinski definition) is 4. The molecule has 0 unspecified atom stereocenters. The van der Waals surface area contributed by atoms with Gasteiger partial charge in [-0.2, -0.15) is 0 Å². The third kappa shape index (κ3) is 4.16. The van der Waals surface area contributed by atoms with Gasteiger partial charge < -0.3 is 14.6 Å². The highest BCUT2D eigenvalue weighted by Crippen LogP contribution is 2.10. The number of carbonyl (C=O) groups excluding carboxylic acids is 1. The highest BCUT2D eigenvalue weighted by Gasteiger charge is 2.12. The molecule has 96 valence electrons. The number of aliphatic hydroxyl groups excluding tert-OH is 2. The molecule has 0 aliphatic rings. The molecule has 0 aliphatic carbocycles. The third-order valence-electron chi connectivity index (χ3n) is 2.23. The molecule has 5 N–H and O–H groups in total. The SMILES string of the molecule is NNC(=O)c1ccc(CN(CCO)CCO)o1. The summed E-state index contributed by atoms with van der Waals surface area (Å²) in [6.07, 6.45) is 0. The van der Waals surface area contributed by atoms with Crippen molar-refractivity contribution in [2.75, 3.05) is 26.3 Å². The number of nitrogen functional groups attached to an aromatic ring is 1. The second-order valence-corrected chi connectivity index (χ2v) is 3.46. The van der Waals surface area contributed by atoms with Crippen LogP contribution >= 0.6 is 0 Å². The van der Waals surface area contributed by atoms with Crippen LogP contribution in [0.25, 0.3) is 0 Å². The smallest absolute Gasteiger partial charge is 0.300 e. The van der Waals surface area contributed by atoms with Crippen molar-refractivity contribution in [3.63, 3.8) is 0 Å². The summed E-state index contributed by atoms with van der Waals surface area (Å²) in [7, 11) is 0. The number of hydrazine groups is 1. The van der Waals surface area contributed by atoms with E-state index in [9.17, 15) is 4.79 Å². The van der Waals surface area contributed by atoms with Crippen molar-refractivity contribution in [1.82, 2.24) is 10.3 Å². The van der Waals surface area contributed by atoms with Crippen LogP contribution in [0, 0.1) is 0 Å². The lowest BCUT2D eigenvalue weighted by atomic mass is 10.3. The Morgan fingerprint density at radius 3 is 2.53 bits per heavy atom. The summed E-state index contributed by atoms with van der Waals surface area (Å²) in [5.74, 6) is 5.19. The van der Waals surface area contributed by atoms with Crippen LogP contribution in [0.4, 0.5) is 0 Å². The van der Waals surface area contributed by atoms with E-state index >= 15 is 0 Å². The average molecular weight is 243 g/mol. The van der Waals surface area contributed by atoms with Crippen molar-refractivity contribution in [3.8, 4) is 0 Å². The number of rotatable bonds is 7. The highest BCUT2D eigenvalue weighted by molar-refractivity contribution is 5.90. The van der Waals surface area contributed by atoms with E-state index in [2.05, 4.69) is 0 Å². The van der Waals surface area contributed by atoms with Crippen LogP contribution < -0.4 is 11.3 Å². The zero-order valence-electron chi connectivity index (χ0n) is 9.43. The Morgan fingerprint density at radius 1 is 1.35 bits per heavy atom. The summed E-state index contributed by atoms with van der Waals surface area (Å²) in [5, 5.41) is 17.7. The van der Waals surface area contributed by atoms with Crippen molar-refractivity contribution < 1.29 is 19.4 Å². The molecule has 0 saturated heterocycles. The van der Waals surface area contributed by atoms with Crippen molar-refractivity contribution in [3.05, 3.63) is 23.7 Å². The highest BCUT2D eigenvalue weighted by atomic mass is 16.4. The Hall–Kier alpha value is -1.41. The molecule has 1 amide bonds. The van der Waals surface area contributed by atoms with Crippen molar-refractivity contribution in [1.29, 1.82) is 0 Å². The van der Waals surface area contributed by atoms with Crippen LogP contribution in [0.15, 0.2) is 16.5 Å². The summed E-state index contributed by atoms with van der Waals surface area (Å²) in [4.78, 5) is 12.9. The lowest BCUT2D eigenvalue weighted by Crippen LogP contribution is -2.30. The lowest BCUT2D eigenvalue weighted by Gasteiger charge is -2.18. The molecule has 1 aromatic rings. The predicted octanol–water partition coefficient (Wildman–Crippen LogP) is -1.33. The van der Waals surface area contributed by atoms with Gasteiger partial charge in [0.2, 0.25) is 0 Å². The maximum atomic E-state index is 11.1. The Kier molecular flexibility index (Phi) is 5.64. The molecule has 1 heterocycles. The van der Waals surface area contributed by atoms with E-state index in [0.717, 1.165) is 0 Å². The fraction of sp³-hybridized carbons (Fsp3) is 0.500. The van der Waals surface area contributed by atoms with E-state index in [-0.39, 0.29) is 19.0 Å². The number of nitrogens with zero attached hydrogens (tertiary/aromatic N) is 1. The molecule has 7 nitrogen and oxygen atoms in total. The summed E-state index contributed by atoms with van der Waals surface area (Å²) >= 11 is 0. The Labute approximate surface area is 98.8 Å². The van der Waals surface area contributed by atoms with Gasteiger partial charge in [-0.05, 0) is 12.1 Å². The summed E-state index contributed by atoms with van der Waals surface area (Å²) in [5.41, 5.74) is 1.97. The van der Waals surface area contributed by atoms with Crippen LogP contribution in [-0.2, 0) is 6.54 Å². The van der Waals surface area contributed by atoms with E-state index in [1.807, 2.05) is 10.3 Å². The van der Waals surface area contributed by atoms with E-state index < -0.39 is 5.91 Å². The second-order valence-electron chi connectivity index (χ2n) is 3.46. The minimum absolute atomic E-state index is 0.00312. The largest absolute Gasteiger partial charge is 0.455 e. The first-order chi connectivity index (χ1) is 8.21. The van der Waals surface area contributed by atoms with Gasteiger partial charge in [-0.25, -0.2) is 5.84 Å². The van der Waals surface area contributed by atoms with E-state index in [4.69, 9.17) is 20.5 Å². The van der Waals surface area contributed by atoms with Gasteiger partial charge >= 0.3 is 5.91 Å². The molecule has 0 aromatic carbocycles. The van der Waals surface area contributed by atoms with Gasteiger partial charge in [0.15, 0.2) is 5.76 Å². The number of furan rings is 1. The number of hydrogen-bond acceptors (Lipinski definition) is 6. The molecule has 0 fully saturated rings. The third-order valence-corrected chi connectivity index (χ3v) is 2.23.